The zero-order valence-corrected chi connectivity index (χ0v) is 15.5. The standard InChI is InChI=1S/C16H29N3O4S/c1-10(2)9-12(18-14(20)11(17)6-8-24-3)15(21)19-7-4-5-13(19)16(22)23/h10-13H,4-9,17H2,1-3H3,(H,18,20)(H,22,23)/t11-,12-,13-/m0/s1. The summed E-state index contributed by atoms with van der Waals surface area (Å²) in [4.78, 5) is 37.7. The van der Waals surface area contributed by atoms with Crippen molar-refractivity contribution in [2.75, 3.05) is 18.6 Å². The lowest BCUT2D eigenvalue weighted by Gasteiger charge is -2.29. The molecule has 1 aliphatic rings. The van der Waals surface area contributed by atoms with Crippen LogP contribution in [0.25, 0.3) is 0 Å². The molecule has 1 heterocycles. The molecule has 4 N–H and O–H groups in total. The molecule has 7 nitrogen and oxygen atoms in total. The van der Waals surface area contributed by atoms with E-state index >= 15 is 0 Å². The van der Waals surface area contributed by atoms with E-state index in [4.69, 9.17) is 5.73 Å². The van der Waals surface area contributed by atoms with Gasteiger partial charge in [-0.1, -0.05) is 13.8 Å². The van der Waals surface area contributed by atoms with E-state index in [-0.39, 0.29) is 17.7 Å². The number of carboxylic acids is 1. The highest BCUT2D eigenvalue weighted by Gasteiger charge is 2.38. The number of thioether (sulfide) groups is 1. The summed E-state index contributed by atoms with van der Waals surface area (Å²) in [6, 6.07) is -2.18. The van der Waals surface area contributed by atoms with Crippen molar-refractivity contribution in [1.82, 2.24) is 10.2 Å². The van der Waals surface area contributed by atoms with Crippen LogP contribution in [0, 0.1) is 5.92 Å². The molecule has 0 saturated carbocycles. The van der Waals surface area contributed by atoms with Gasteiger partial charge in [0, 0.05) is 6.54 Å². The van der Waals surface area contributed by atoms with Gasteiger partial charge in [0.1, 0.15) is 12.1 Å². The molecule has 8 heteroatoms. The molecule has 0 aromatic rings. The zero-order valence-electron chi connectivity index (χ0n) is 14.7. The molecule has 24 heavy (non-hydrogen) atoms. The maximum Gasteiger partial charge on any atom is 0.326 e. The predicted molar refractivity (Wildman–Crippen MR) is 94.7 cm³/mol. The Hall–Kier alpha value is -1.28. The fraction of sp³-hybridized carbons (Fsp3) is 0.812. The number of carbonyl (C=O) groups excluding carboxylic acids is 2. The summed E-state index contributed by atoms with van der Waals surface area (Å²) in [5.41, 5.74) is 5.87. The van der Waals surface area contributed by atoms with Gasteiger partial charge in [0.25, 0.3) is 0 Å². The third-order valence-corrected chi connectivity index (χ3v) is 4.76. The maximum absolute atomic E-state index is 12.8. The van der Waals surface area contributed by atoms with Gasteiger partial charge in [-0.25, -0.2) is 4.79 Å². The number of aliphatic carboxylic acids is 1. The highest BCUT2D eigenvalue weighted by atomic mass is 32.2. The lowest BCUT2D eigenvalue weighted by atomic mass is 10.0. The Labute approximate surface area is 147 Å². The second-order valence-electron chi connectivity index (χ2n) is 6.61. The van der Waals surface area contributed by atoms with E-state index in [9.17, 15) is 19.5 Å². The molecule has 0 radical (unpaired) electrons. The van der Waals surface area contributed by atoms with E-state index in [0.29, 0.717) is 32.2 Å². The van der Waals surface area contributed by atoms with Crippen molar-refractivity contribution < 1.29 is 19.5 Å². The van der Waals surface area contributed by atoms with Crippen molar-refractivity contribution in [2.24, 2.45) is 11.7 Å². The zero-order chi connectivity index (χ0) is 18.3. The van der Waals surface area contributed by atoms with Gasteiger partial charge in [0.15, 0.2) is 0 Å². The lowest BCUT2D eigenvalue weighted by Crippen LogP contribution is -2.54. The number of amides is 2. The number of nitrogens with one attached hydrogen (secondary N) is 1. The Kier molecular flexibility index (Phi) is 8.55. The van der Waals surface area contributed by atoms with Crippen LogP contribution in [0.5, 0.6) is 0 Å². The minimum absolute atomic E-state index is 0.188. The summed E-state index contributed by atoms with van der Waals surface area (Å²) in [7, 11) is 0. The van der Waals surface area contributed by atoms with E-state index in [1.54, 1.807) is 11.8 Å². The number of rotatable bonds is 9. The van der Waals surface area contributed by atoms with Crippen molar-refractivity contribution >= 4 is 29.5 Å². The second-order valence-corrected chi connectivity index (χ2v) is 7.59. The van der Waals surface area contributed by atoms with Gasteiger partial charge < -0.3 is 21.1 Å². The third-order valence-electron chi connectivity index (χ3n) is 4.11. The van der Waals surface area contributed by atoms with E-state index in [1.165, 1.54) is 4.90 Å². The van der Waals surface area contributed by atoms with Crippen LogP contribution in [0.4, 0.5) is 0 Å². The molecule has 2 amide bonds. The average molecular weight is 359 g/mol. The largest absolute Gasteiger partial charge is 0.480 e. The first-order valence-electron chi connectivity index (χ1n) is 8.36. The first kappa shape index (κ1) is 20.8. The highest BCUT2D eigenvalue weighted by molar-refractivity contribution is 7.98. The Morgan fingerprint density at radius 3 is 2.58 bits per heavy atom. The quantitative estimate of drug-likeness (QED) is 0.558. The van der Waals surface area contributed by atoms with E-state index in [0.717, 1.165) is 5.75 Å². The van der Waals surface area contributed by atoms with Crippen molar-refractivity contribution in [3.8, 4) is 0 Å². The van der Waals surface area contributed by atoms with Crippen molar-refractivity contribution in [2.45, 2.75) is 57.7 Å². The predicted octanol–water partition coefficient (Wildman–Crippen LogP) is 0.673. The molecular formula is C16H29N3O4S. The number of carboxylic acid groups (broad SMARTS) is 1. The number of hydrogen-bond acceptors (Lipinski definition) is 5. The van der Waals surface area contributed by atoms with Crippen molar-refractivity contribution in [3.05, 3.63) is 0 Å². The molecule has 0 aromatic heterocycles. The van der Waals surface area contributed by atoms with Gasteiger partial charge in [-0.05, 0) is 43.6 Å². The fourth-order valence-electron chi connectivity index (χ4n) is 2.83. The van der Waals surface area contributed by atoms with Gasteiger partial charge in [-0.3, -0.25) is 9.59 Å². The summed E-state index contributed by atoms with van der Waals surface area (Å²) in [6.45, 7) is 4.33. The monoisotopic (exact) mass is 359 g/mol. The first-order chi connectivity index (χ1) is 11.3. The lowest BCUT2D eigenvalue weighted by molar-refractivity contribution is -0.149. The smallest absolute Gasteiger partial charge is 0.326 e. The first-order valence-corrected chi connectivity index (χ1v) is 9.75. The number of carbonyl (C=O) groups is 3. The molecule has 0 bridgehead atoms. The number of nitrogens with two attached hydrogens (primary N) is 1. The van der Waals surface area contributed by atoms with Crippen molar-refractivity contribution in [1.29, 1.82) is 0 Å². The normalized spacial score (nSPS) is 20.0. The van der Waals surface area contributed by atoms with Crippen LogP contribution in [0.15, 0.2) is 0 Å². The number of nitrogens with zero attached hydrogens (tertiary/aromatic N) is 1. The number of hydrogen-bond donors (Lipinski definition) is 3. The summed E-state index contributed by atoms with van der Waals surface area (Å²) in [5, 5.41) is 12.0. The summed E-state index contributed by atoms with van der Waals surface area (Å²) < 4.78 is 0. The van der Waals surface area contributed by atoms with Crippen LogP contribution in [0.2, 0.25) is 0 Å². The molecule has 0 unspecified atom stereocenters. The van der Waals surface area contributed by atoms with Gasteiger partial charge in [-0.15, -0.1) is 0 Å². The van der Waals surface area contributed by atoms with Gasteiger partial charge in [-0.2, -0.15) is 11.8 Å². The minimum Gasteiger partial charge on any atom is -0.480 e. The van der Waals surface area contributed by atoms with Crippen LogP contribution < -0.4 is 11.1 Å². The van der Waals surface area contributed by atoms with Gasteiger partial charge >= 0.3 is 5.97 Å². The molecule has 0 aromatic carbocycles. The van der Waals surface area contributed by atoms with Gasteiger partial charge in [0.05, 0.1) is 6.04 Å². The summed E-state index contributed by atoms with van der Waals surface area (Å²) in [6.07, 6.45) is 4.06. The molecule has 3 atom stereocenters. The van der Waals surface area contributed by atoms with E-state index < -0.39 is 24.1 Å². The fourth-order valence-corrected chi connectivity index (χ4v) is 3.32. The Balaban J connectivity index is 2.78. The molecule has 1 saturated heterocycles. The molecule has 138 valence electrons. The molecule has 1 aliphatic heterocycles. The molecule has 1 fully saturated rings. The summed E-state index contributed by atoms with van der Waals surface area (Å²) in [5.74, 6) is -0.710. The average Bonchev–Trinajstić information content (AvgIpc) is 3.00. The highest BCUT2D eigenvalue weighted by Crippen LogP contribution is 2.20. The minimum atomic E-state index is -0.993. The van der Waals surface area contributed by atoms with E-state index in [2.05, 4.69) is 5.32 Å². The van der Waals surface area contributed by atoms with Crippen LogP contribution >= 0.6 is 11.8 Å². The Bertz CT molecular complexity index is 459. The SMILES string of the molecule is CSCC[C@H](N)C(=O)N[C@@H](CC(C)C)C(=O)N1CCC[C@H]1C(=O)O. The Morgan fingerprint density at radius 2 is 2.04 bits per heavy atom. The van der Waals surface area contributed by atoms with Gasteiger partial charge in [0.2, 0.25) is 11.8 Å². The molecule has 0 aliphatic carbocycles. The summed E-state index contributed by atoms with van der Waals surface area (Å²) >= 11 is 1.61. The van der Waals surface area contributed by atoms with Crippen molar-refractivity contribution in [3.63, 3.8) is 0 Å². The second kappa shape index (κ2) is 9.88. The van der Waals surface area contributed by atoms with Crippen LogP contribution in [-0.2, 0) is 14.4 Å². The molecule has 1 rings (SSSR count). The van der Waals surface area contributed by atoms with Crippen LogP contribution in [0.1, 0.15) is 39.5 Å². The number of likely N-dealkylation sites (tertiary alicyclic amines) is 1. The molecule has 0 spiro atoms. The topological polar surface area (TPSA) is 113 Å². The Morgan fingerprint density at radius 1 is 1.38 bits per heavy atom. The van der Waals surface area contributed by atoms with Crippen LogP contribution in [0.3, 0.4) is 0 Å². The maximum atomic E-state index is 12.8. The third kappa shape index (κ3) is 5.98. The molecular weight excluding hydrogens is 330 g/mol. The van der Waals surface area contributed by atoms with Crippen LogP contribution in [-0.4, -0.2) is 64.5 Å². The van der Waals surface area contributed by atoms with E-state index in [1.807, 2.05) is 20.1 Å².